The summed E-state index contributed by atoms with van der Waals surface area (Å²) in [6, 6.07) is 3.75. The van der Waals surface area contributed by atoms with Crippen LogP contribution in [-0.4, -0.2) is 39.9 Å². The highest BCUT2D eigenvalue weighted by molar-refractivity contribution is 8.01. The molecular formula is C21H22N4O3S3. The van der Waals surface area contributed by atoms with Gasteiger partial charge in [0.2, 0.25) is 5.91 Å². The second-order valence-electron chi connectivity index (χ2n) is 7.06. The Kier molecular flexibility index (Phi) is 7.31. The molecule has 0 aliphatic heterocycles. The number of hydrogen-bond acceptors (Lipinski definition) is 9. The molecule has 0 bridgehead atoms. The summed E-state index contributed by atoms with van der Waals surface area (Å²) in [5.41, 5.74) is 2.52. The first-order valence-corrected chi connectivity index (χ1v) is 12.7. The minimum absolute atomic E-state index is 0.176. The lowest BCUT2D eigenvalue weighted by Gasteiger charge is -2.10. The number of thiophene rings is 1. The fraction of sp³-hybridized carbons (Fsp3) is 0.381. The van der Waals surface area contributed by atoms with Crippen molar-refractivity contribution in [1.29, 1.82) is 0 Å². The fourth-order valence-corrected chi connectivity index (χ4v) is 6.45. The van der Waals surface area contributed by atoms with Crippen molar-refractivity contribution < 1.29 is 14.3 Å². The summed E-state index contributed by atoms with van der Waals surface area (Å²) < 4.78 is 5.74. The van der Waals surface area contributed by atoms with E-state index in [1.165, 1.54) is 52.8 Å². The summed E-state index contributed by atoms with van der Waals surface area (Å²) >= 11 is 4.27. The van der Waals surface area contributed by atoms with E-state index < -0.39 is 0 Å². The van der Waals surface area contributed by atoms with Gasteiger partial charge in [-0.1, -0.05) is 35.9 Å². The average molecular weight is 475 g/mol. The molecule has 0 spiro atoms. The number of esters is 1. The van der Waals surface area contributed by atoms with Crippen LogP contribution in [0.5, 0.6) is 0 Å². The third-order valence-corrected chi connectivity index (χ3v) is 8.29. The third-order valence-electron chi connectivity index (χ3n) is 4.97. The summed E-state index contributed by atoms with van der Waals surface area (Å²) in [6.07, 6.45) is 9.73. The molecule has 0 saturated heterocycles. The molecule has 0 aromatic carbocycles. The van der Waals surface area contributed by atoms with Crippen LogP contribution in [0.2, 0.25) is 0 Å². The van der Waals surface area contributed by atoms with Gasteiger partial charge < -0.3 is 10.1 Å². The van der Waals surface area contributed by atoms with Crippen molar-refractivity contribution in [2.75, 3.05) is 18.2 Å². The number of aromatic nitrogens is 3. The molecule has 3 heterocycles. The first-order valence-electron chi connectivity index (χ1n) is 10.0. The molecule has 7 nitrogen and oxygen atoms in total. The molecule has 10 heteroatoms. The molecule has 1 aliphatic rings. The maximum atomic E-state index is 12.6. The number of nitrogens with zero attached hydrogens (tertiary/aromatic N) is 3. The maximum absolute atomic E-state index is 12.6. The highest BCUT2D eigenvalue weighted by atomic mass is 32.2. The number of hydrogen-bond donors (Lipinski definition) is 1. The summed E-state index contributed by atoms with van der Waals surface area (Å²) in [4.78, 5) is 30.3. The Hall–Kier alpha value is -2.30. The number of carbonyl (C=O) groups excluding carboxylic acids is 2. The van der Waals surface area contributed by atoms with Crippen LogP contribution >= 0.6 is 34.4 Å². The van der Waals surface area contributed by atoms with E-state index in [1.807, 2.05) is 12.1 Å². The van der Waals surface area contributed by atoms with Gasteiger partial charge in [-0.2, -0.15) is 0 Å². The lowest BCUT2D eigenvalue weighted by atomic mass is 9.96. The topological polar surface area (TPSA) is 94.1 Å². The Morgan fingerprint density at radius 2 is 1.87 bits per heavy atom. The molecule has 0 fully saturated rings. The van der Waals surface area contributed by atoms with Crippen molar-refractivity contribution in [3.63, 3.8) is 0 Å². The zero-order valence-corrected chi connectivity index (χ0v) is 19.5. The van der Waals surface area contributed by atoms with Gasteiger partial charge in [0.1, 0.15) is 10.0 Å². The average Bonchev–Trinajstić information content (AvgIpc) is 3.37. The first-order chi connectivity index (χ1) is 15.2. The number of amides is 1. The number of pyridine rings is 1. The van der Waals surface area contributed by atoms with E-state index in [2.05, 4.69) is 20.5 Å². The quantitative estimate of drug-likeness (QED) is 0.404. The monoisotopic (exact) mass is 474 g/mol. The molecule has 0 unspecified atom stereocenters. The minimum Gasteiger partial charge on any atom is -0.465 e. The van der Waals surface area contributed by atoms with Gasteiger partial charge in [0.05, 0.1) is 18.4 Å². The molecule has 1 N–H and O–H groups in total. The van der Waals surface area contributed by atoms with Gasteiger partial charge in [0.25, 0.3) is 0 Å². The van der Waals surface area contributed by atoms with Crippen LogP contribution in [0.15, 0.2) is 28.9 Å². The Bertz CT molecular complexity index is 1070. The molecule has 3 aromatic rings. The number of anilines is 1. The van der Waals surface area contributed by atoms with Crippen LogP contribution in [0.25, 0.3) is 10.6 Å². The highest BCUT2D eigenvalue weighted by Crippen LogP contribution is 2.38. The molecule has 0 saturated carbocycles. The van der Waals surface area contributed by atoms with Crippen molar-refractivity contribution in [1.82, 2.24) is 15.2 Å². The number of nitrogens with one attached hydrogen (secondary N) is 1. The lowest BCUT2D eigenvalue weighted by Crippen LogP contribution is -2.16. The number of methoxy groups -OCH3 is 1. The van der Waals surface area contributed by atoms with Crippen LogP contribution in [0.4, 0.5) is 5.00 Å². The largest absolute Gasteiger partial charge is 0.465 e. The third kappa shape index (κ3) is 5.31. The number of rotatable bonds is 6. The van der Waals surface area contributed by atoms with E-state index in [9.17, 15) is 9.59 Å². The first kappa shape index (κ1) is 21.9. The predicted molar refractivity (Wildman–Crippen MR) is 124 cm³/mol. The zero-order valence-electron chi connectivity index (χ0n) is 17.1. The van der Waals surface area contributed by atoms with Gasteiger partial charge in [-0.25, -0.2) is 4.79 Å². The summed E-state index contributed by atoms with van der Waals surface area (Å²) in [5, 5.41) is 12.7. The SMILES string of the molecule is COC(=O)c1c(NC(=O)CSc2nnc(-c3ccncc3)s2)sc2c1CCCCCC2. The van der Waals surface area contributed by atoms with Crippen molar-refractivity contribution in [2.24, 2.45) is 0 Å². The Morgan fingerprint density at radius 1 is 1.10 bits per heavy atom. The summed E-state index contributed by atoms with van der Waals surface area (Å²) in [5.74, 6) is -0.370. The van der Waals surface area contributed by atoms with Gasteiger partial charge in [-0.05, 0) is 43.4 Å². The maximum Gasteiger partial charge on any atom is 0.341 e. The number of ether oxygens (including phenoxy) is 1. The number of thioether (sulfide) groups is 1. The molecule has 31 heavy (non-hydrogen) atoms. The molecule has 4 rings (SSSR count). The Balaban J connectivity index is 1.44. The molecule has 0 radical (unpaired) electrons. The predicted octanol–water partition coefficient (Wildman–Crippen LogP) is 4.84. The van der Waals surface area contributed by atoms with Crippen LogP contribution < -0.4 is 5.32 Å². The van der Waals surface area contributed by atoms with E-state index in [0.29, 0.717) is 14.9 Å². The summed E-state index contributed by atoms with van der Waals surface area (Å²) in [6.45, 7) is 0. The van der Waals surface area contributed by atoms with Crippen LogP contribution in [0.3, 0.4) is 0 Å². The van der Waals surface area contributed by atoms with E-state index in [1.54, 1.807) is 12.4 Å². The van der Waals surface area contributed by atoms with Gasteiger partial charge in [-0.3, -0.25) is 9.78 Å². The van der Waals surface area contributed by atoms with Crippen LogP contribution in [0.1, 0.15) is 46.5 Å². The highest BCUT2D eigenvalue weighted by Gasteiger charge is 2.26. The molecular weight excluding hydrogens is 452 g/mol. The molecule has 1 amide bonds. The Labute approximate surface area is 192 Å². The fourth-order valence-electron chi connectivity index (χ4n) is 3.49. The second-order valence-corrected chi connectivity index (χ2v) is 10.4. The van der Waals surface area contributed by atoms with Gasteiger partial charge in [0.15, 0.2) is 4.34 Å². The van der Waals surface area contributed by atoms with Crippen molar-refractivity contribution in [3.05, 3.63) is 40.5 Å². The number of aryl methyl sites for hydroxylation is 1. The lowest BCUT2D eigenvalue weighted by molar-refractivity contribution is -0.113. The smallest absolute Gasteiger partial charge is 0.341 e. The van der Waals surface area contributed by atoms with Crippen molar-refractivity contribution >= 4 is 51.3 Å². The van der Waals surface area contributed by atoms with E-state index >= 15 is 0 Å². The van der Waals surface area contributed by atoms with Gasteiger partial charge in [-0.15, -0.1) is 21.5 Å². The molecule has 3 aromatic heterocycles. The van der Waals surface area contributed by atoms with Gasteiger partial charge in [0, 0.05) is 22.8 Å². The normalized spacial score (nSPS) is 13.7. The molecule has 162 valence electrons. The van der Waals surface area contributed by atoms with Crippen molar-refractivity contribution in [3.8, 4) is 10.6 Å². The van der Waals surface area contributed by atoms with E-state index in [4.69, 9.17) is 4.74 Å². The standard InChI is InChI=1S/C21H22N4O3S3/c1-28-20(27)17-14-6-4-2-3-5-7-15(14)30-19(17)23-16(26)12-29-21-25-24-18(31-21)13-8-10-22-11-9-13/h8-11H,2-7,12H2,1H3,(H,23,26). The number of fused-ring (bicyclic) bond motifs is 1. The van der Waals surface area contributed by atoms with E-state index in [-0.39, 0.29) is 17.6 Å². The summed E-state index contributed by atoms with van der Waals surface area (Å²) in [7, 11) is 1.38. The minimum atomic E-state index is -0.382. The van der Waals surface area contributed by atoms with Crippen LogP contribution in [0, 0.1) is 0 Å². The van der Waals surface area contributed by atoms with Gasteiger partial charge >= 0.3 is 5.97 Å². The second kappa shape index (κ2) is 10.3. The van der Waals surface area contributed by atoms with Crippen LogP contribution in [-0.2, 0) is 22.4 Å². The molecule has 0 atom stereocenters. The van der Waals surface area contributed by atoms with Crippen molar-refractivity contribution in [2.45, 2.75) is 42.9 Å². The zero-order chi connectivity index (χ0) is 21.6. The molecule has 1 aliphatic carbocycles. The Morgan fingerprint density at radius 3 is 2.65 bits per heavy atom. The number of carbonyl (C=O) groups is 2. The van der Waals surface area contributed by atoms with E-state index in [0.717, 1.165) is 48.2 Å².